The van der Waals surface area contributed by atoms with Crippen molar-refractivity contribution in [2.45, 2.75) is 54.6 Å². The largest absolute Gasteiger partial charge is 1.00 e. The molecule has 0 aliphatic carbocycles. The van der Waals surface area contributed by atoms with Crippen LogP contribution in [0.15, 0.2) is 18.2 Å². The zero-order chi connectivity index (χ0) is 17.8. The average Bonchev–Trinajstić information content (AvgIpc) is 2.56. The van der Waals surface area contributed by atoms with Crippen molar-refractivity contribution in [1.82, 2.24) is 4.90 Å². The molecule has 0 N–H and O–H groups in total. The maximum Gasteiger partial charge on any atom is 1.00 e. The Morgan fingerprint density at radius 3 is 2.28 bits per heavy atom. The van der Waals surface area contributed by atoms with Crippen LogP contribution in [0.2, 0.25) is 0 Å². The Balaban J connectivity index is -0.000000752. The second-order valence-corrected chi connectivity index (χ2v) is 4.85. The van der Waals surface area contributed by atoms with Crippen molar-refractivity contribution in [1.29, 1.82) is 0 Å². The SMILES string of the molecule is CC.CC.CCC1CN(C(=O)c2c[c-]ccc2COC(C)=O)C1.[CH3-].[K+]. The van der Waals surface area contributed by atoms with Gasteiger partial charge in [0.05, 0.1) is 6.61 Å². The summed E-state index contributed by atoms with van der Waals surface area (Å²) >= 11 is 0. The summed E-state index contributed by atoms with van der Waals surface area (Å²) in [7, 11) is 0. The number of carbonyl (C=O) groups is 2. The molecule has 0 radical (unpaired) electrons. The number of ether oxygens (including phenoxy) is 1. The van der Waals surface area contributed by atoms with Gasteiger partial charge in [0.1, 0.15) is 0 Å². The van der Waals surface area contributed by atoms with Crippen LogP contribution in [0.4, 0.5) is 0 Å². The number of hydrogen-bond donors (Lipinski definition) is 0. The first-order valence-electron chi connectivity index (χ1n) is 8.53. The van der Waals surface area contributed by atoms with Crippen LogP contribution in [0.25, 0.3) is 0 Å². The molecule has 0 bridgehead atoms. The third kappa shape index (κ3) is 9.90. The molecule has 1 aliphatic heterocycles. The Morgan fingerprint density at radius 1 is 1.24 bits per heavy atom. The van der Waals surface area contributed by atoms with Crippen LogP contribution in [0.3, 0.4) is 0 Å². The zero-order valence-corrected chi connectivity index (χ0v) is 20.4. The van der Waals surface area contributed by atoms with Crippen molar-refractivity contribution < 1.29 is 65.7 Å². The van der Waals surface area contributed by atoms with E-state index in [4.69, 9.17) is 4.74 Å². The molecular weight excluding hydrogens is 341 g/mol. The predicted molar refractivity (Wildman–Crippen MR) is 99.5 cm³/mol. The molecular formula is C20H33KNO3-. The van der Waals surface area contributed by atoms with E-state index < -0.39 is 0 Å². The average molecular weight is 375 g/mol. The van der Waals surface area contributed by atoms with E-state index in [1.807, 2.05) is 32.6 Å². The van der Waals surface area contributed by atoms with E-state index in [-0.39, 0.29) is 77.3 Å². The molecule has 0 aromatic heterocycles. The van der Waals surface area contributed by atoms with Crippen LogP contribution in [-0.2, 0) is 16.1 Å². The summed E-state index contributed by atoms with van der Waals surface area (Å²) in [6.07, 6.45) is 1.10. The van der Waals surface area contributed by atoms with Crippen molar-refractivity contribution in [3.63, 3.8) is 0 Å². The molecule has 1 aromatic rings. The summed E-state index contributed by atoms with van der Waals surface area (Å²) < 4.78 is 4.97. The van der Waals surface area contributed by atoms with Gasteiger partial charge < -0.3 is 17.1 Å². The first kappa shape index (κ1) is 29.6. The van der Waals surface area contributed by atoms with Crippen LogP contribution in [0.1, 0.15) is 63.9 Å². The fourth-order valence-corrected chi connectivity index (χ4v) is 2.13. The molecule has 138 valence electrons. The van der Waals surface area contributed by atoms with Gasteiger partial charge in [-0.05, 0) is 12.3 Å². The normalized spacial score (nSPS) is 11.8. The maximum atomic E-state index is 12.3. The molecule has 1 amide bonds. The van der Waals surface area contributed by atoms with Crippen molar-refractivity contribution in [2.75, 3.05) is 13.1 Å². The van der Waals surface area contributed by atoms with Gasteiger partial charge in [0.15, 0.2) is 5.91 Å². The minimum absolute atomic E-state index is 0. The number of hydrogen-bond acceptors (Lipinski definition) is 3. The number of nitrogens with zero attached hydrogens (tertiary/aromatic N) is 1. The van der Waals surface area contributed by atoms with Gasteiger partial charge in [-0.1, -0.05) is 40.2 Å². The fraction of sp³-hybridized carbons (Fsp3) is 0.550. The molecule has 0 atom stereocenters. The number of amides is 1. The van der Waals surface area contributed by atoms with E-state index in [9.17, 15) is 9.59 Å². The molecule has 2 rings (SSSR count). The Morgan fingerprint density at radius 2 is 1.80 bits per heavy atom. The number of likely N-dealkylation sites (tertiary alicyclic amines) is 1. The smallest absolute Gasteiger partial charge is 0.463 e. The number of rotatable bonds is 4. The quantitative estimate of drug-likeness (QED) is 0.456. The standard InChI is InChI=1S/C15H18NO3.2C2H6.CH3.K/c1-3-12-8-16(9-12)15(18)14-7-5-4-6-13(14)10-19-11(2)17;2*1-2;;/h4,6-7,12H,3,8-10H2,1-2H3;2*1-2H3;1H3;/q-1;;;-1;+1. The number of carbonyl (C=O) groups excluding carboxylic acids is 2. The van der Waals surface area contributed by atoms with Crippen LogP contribution >= 0.6 is 0 Å². The van der Waals surface area contributed by atoms with Gasteiger partial charge in [-0.25, -0.2) is 0 Å². The summed E-state index contributed by atoms with van der Waals surface area (Å²) in [5.74, 6) is 0.276. The second kappa shape index (κ2) is 17.2. The number of benzene rings is 1. The zero-order valence-electron chi connectivity index (χ0n) is 17.3. The van der Waals surface area contributed by atoms with Gasteiger partial charge in [-0.3, -0.25) is 9.59 Å². The first-order chi connectivity index (χ1) is 11.1. The first-order valence-corrected chi connectivity index (χ1v) is 8.53. The summed E-state index contributed by atoms with van der Waals surface area (Å²) in [6, 6.07) is 8.07. The van der Waals surface area contributed by atoms with E-state index in [0.717, 1.165) is 25.1 Å². The van der Waals surface area contributed by atoms with E-state index in [2.05, 4.69) is 13.0 Å². The molecule has 0 saturated carbocycles. The van der Waals surface area contributed by atoms with E-state index in [0.29, 0.717) is 11.5 Å². The summed E-state index contributed by atoms with van der Waals surface area (Å²) in [5, 5.41) is 0. The summed E-state index contributed by atoms with van der Waals surface area (Å²) in [4.78, 5) is 25.0. The van der Waals surface area contributed by atoms with Crippen molar-refractivity contribution in [2.24, 2.45) is 5.92 Å². The minimum atomic E-state index is -0.346. The Labute approximate surface area is 197 Å². The van der Waals surface area contributed by atoms with E-state index in [1.54, 1.807) is 18.2 Å². The summed E-state index contributed by atoms with van der Waals surface area (Å²) in [5.41, 5.74) is 1.32. The predicted octanol–water partition coefficient (Wildman–Crippen LogP) is 1.54. The van der Waals surface area contributed by atoms with Gasteiger partial charge in [-0.15, -0.1) is 5.56 Å². The molecule has 1 aromatic carbocycles. The van der Waals surface area contributed by atoms with Gasteiger partial charge in [0.25, 0.3) is 0 Å². The van der Waals surface area contributed by atoms with Gasteiger partial charge in [0.2, 0.25) is 0 Å². The number of esters is 1. The van der Waals surface area contributed by atoms with Crippen LogP contribution in [0, 0.1) is 19.4 Å². The van der Waals surface area contributed by atoms with Gasteiger partial charge >= 0.3 is 57.4 Å². The molecule has 1 saturated heterocycles. The maximum absolute atomic E-state index is 12.3. The molecule has 0 unspecified atom stereocenters. The summed E-state index contributed by atoms with van der Waals surface area (Å²) in [6.45, 7) is 13.3. The monoisotopic (exact) mass is 374 g/mol. The van der Waals surface area contributed by atoms with Gasteiger partial charge in [0, 0.05) is 20.0 Å². The minimum Gasteiger partial charge on any atom is -0.463 e. The molecule has 4 nitrogen and oxygen atoms in total. The van der Waals surface area contributed by atoms with Crippen LogP contribution < -0.4 is 51.4 Å². The van der Waals surface area contributed by atoms with Crippen molar-refractivity contribution >= 4 is 11.9 Å². The molecule has 1 fully saturated rings. The molecule has 5 heteroatoms. The Bertz CT molecular complexity index is 486. The third-order valence-corrected chi connectivity index (χ3v) is 3.44. The topological polar surface area (TPSA) is 46.6 Å². The molecule has 25 heavy (non-hydrogen) atoms. The van der Waals surface area contributed by atoms with Crippen LogP contribution in [-0.4, -0.2) is 29.9 Å². The third-order valence-electron chi connectivity index (χ3n) is 3.44. The van der Waals surface area contributed by atoms with Crippen molar-refractivity contribution in [3.8, 4) is 0 Å². The van der Waals surface area contributed by atoms with Crippen molar-refractivity contribution in [3.05, 3.63) is 42.8 Å². The van der Waals surface area contributed by atoms with Crippen LogP contribution in [0.5, 0.6) is 0 Å². The molecule has 1 aliphatic rings. The van der Waals surface area contributed by atoms with E-state index >= 15 is 0 Å². The molecule has 0 spiro atoms. The fourth-order valence-electron chi connectivity index (χ4n) is 2.13. The van der Waals surface area contributed by atoms with Gasteiger partial charge in [-0.2, -0.15) is 24.3 Å². The van der Waals surface area contributed by atoms with E-state index in [1.165, 1.54) is 6.92 Å². The Hall–Kier alpha value is -0.204. The Kier molecular flexibility index (Phi) is 20.4. The molecule has 1 heterocycles. The second-order valence-electron chi connectivity index (χ2n) is 4.85.